The summed E-state index contributed by atoms with van der Waals surface area (Å²) < 4.78 is 0. The molecule has 0 amide bonds. The third kappa shape index (κ3) is 7.09. The van der Waals surface area contributed by atoms with Gasteiger partial charge in [-0.15, -0.1) is 0 Å². The van der Waals surface area contributed by atoms with E-state index in [1.54, 1.807) is 0 Å². The van der Waals surface area contributed by atoms with E-state index < -0.39 is 0 Å². The summed E-state index contributed by atoms with van der Waals surface area (Å²) in [4.78, 5) is 10.2. The highest BCUT2D eigenvalue weighted by atomic mass is 16.1. The lowest BCUT2D eigenvalue weighted by atomic mass is 9.94. The van der Waals surface area contributed by atoms with Gasteiger partial charge in [-0.05, 0) is 18.4 Å². The third-order valence-corrected chi connectivity index (χ3v) is 3.67. The SMILES string of the molecule is N#CC(CCCCCCCCCC=O)c1ccccc1. The van der Waals surface area contributed by atoms with Gasteiger partial charge in [-0.25, -0.2) is 0 Å². The Bertz CT molecular complexity index is 394. The molecule has 108 valence electrons. The number of carbonyl (C=O) groups excluding carboxylic acids is 1. The molecule has 0 radical (unpaired) electrons. The molecule has 0 aliphatic rings. The molecule has 0 aliphatic carbocycles. The van der Waals surface area contributed by atoms with Gasteiger partial charge < -0.3 is 4.79 Å². The van der Waals surface area contributed by atoms with Crippen LogP contribution in [0.4, 0.5) is 0 Å². The lowest BCUT2D eigenvalue weighted by molar-refractivity contribution is -0.107. The summed E-state index contributed by atoms with van der Waals surface area (Å²) >= 11 is 0. The molecule has 0 heterocycles. The molecule has 0 saturated heterocycles. The van der Waals surface area contributed by atoms with E-state index in [4.69, 9.17) is 0 Å². The number of nitriles is 1. The third-order valence-electron chi connectivity index (χ3n) is 3.67. The molecule has 2 heteroatoms. The molecule has 0 spiro atoms. The minimum absolute atomic E-state index is 0.0452. The van der Waals surface area contributed by atoms with Gasteiger partial charge in [0.25, 0.3) is 0 Å². The molecule has 1 aromatic rings. The van der Waals surface area contributed by atoms with Crippen LogP contribution >= 0.6 is 0 Å². The van der Waals surface area contributed by atoms with Gasteiger partial charge in [0, 0.05) is 6.42 Å². The van der Waals surface area contributed by atoms with E-state index in [-0.39, 0.29) is 5.92 Å². The van der Waals surface area contributed by atoms with Crippen molar-refractivity contribution < 1.29 is 4.79 Å². The van der Waals surface area contributed by atoms with Crippen LogP contribution in [0.5, 0.6) is 0 Å². The number of benzene rings is 1. The quantitative estimate of drug-likeness (QED) is 0.419. The second kappa shape index (κ2) is 11.2. The maximum Gasteiger partial charge on any atom is 0.119 e. The first-order chi connectivity index (χ1) is 9.88. The van der Waals surface area contributed by atoms with Crippen molar-refractivity contribution in [3.05, 3.63) is 35.9 Å². The van der Waals surface area contributed by atoms with Gasteiger partial charge in [-0.3, -0.25) is 0 Å². The molecule has 1 rings (SSSR count). The summed E-state index contributed by atoms with van der Waals surface area (Å²) in [5.41, 5.74) is 1.14. The first-order valence-electron chi connectivity index (χ1n) is 7.76. The molecule has 20 heavy (non-hydrogen) atoms. The zero-order valence-electron chi connectivity index (χ0n) is 12.3. The number of hydrogen-bond acceptors (Lipinski definition) is 2. The highest BCUT2D eigenvalue weighted by molar-refractivity contribution is 5.48. The Morgan fingerprint density at radius 1 is 0.950 bits per heavy atom. The van der Waals surface area contributed by atoms with Crippen LogP contribution in [-0.4, -0.2) is 6.29 Å². The molecule has 1 unspecified atom stereocenters. The standard InChI is InChI=1S/C18H25NO/c19-16-18(17-12-9-7-10-13-17)14-8-5-3-1-2-4-6-11-15-20/h7,9-10,12-13,15,18H,1-6,8,11,14H2. The van der Waals surface area contributed by atoms with Crippen LogP contribution in [0.15, 0.2) is 30.3 Å². The molecule has 2 nitrogen and oxygen atoms in total. The van der Waals surface area contributed by atoms with Gasteiger partial charge in [0.1, 0.15) is 6.29 Å². The first kappa shape index (κ1) is 16.4. The summed E-state index contributed by atoms with van der Waals surface area (Å²) in [6.07, 6.45) is 10.9. The summed E-state index contributed by atoms with van der Waals surface area (Å²) in [6.45, 7) is 0. The van der Waals surface area contributed by atoms with Crippen LogP contribution in [-0.2, 0) is 4.79 Å². The fourth-order valence-corrected chi connectivity index (χ4v) is 2.45. The van der Waals surface area contributed by atoms with Gasteiger partial charge in [0.05, 0.1) is 12.0 Å². The average Bonchev–Trinajstić information content (AvgIpc) is 2.50. The van der Waals surface area contributed by atoms with Gasteiger partial charge in [-0.1, -0.05) is 68.9 Å². The van der Waals surface area contributed by atoms with Crippen molar-refractivity contribution in [1.29, 1.82) is 5.26 Å². The van der Waals surface area contributed by atoms with Crippen LogP contribution in [0.1, 0.15) is 69.3 Å². The number of unbranched alkanes of at least 4 members (excludes halogenated alkanes) is 7. The minimum Gasteiger partial charge on any atom is -0.303 e. The van der Waals surface area contributed by atoms with Crippen molar-refractivity contribution in [3.63, 3.8) is 0 Å². The molecule has 0 aromatic heterocycles. The van der Waals surface area contributed by atoms with Crippen LogP contribution in [0.2, 0.25) is 0 Å². The van der Waals surface area contributed by atoms with Crippen LogP contribution < -0.4 is 0 Å². The predicted octanol–water partition coefficient (Wildman–Crippen LogP) is 5.00. The average molecular weight is 271 g/mol. The smallest absolute Gasteiger partial charge is 0.119 e. The molecule has 0 aliphatic heterocycles. The van der Waals surface area contributed by atoms with Crippen molar-refractivity contribution >= 4 is 6.29 Å². The topological polar surface area (TPSA) is 40.9 Å². The van der Waals surface area contributed by atoms with Gasteiger partial charge in [0.2, 0.25) is 0 Å². The molecular formula is C18H25NO. The van der Waals surface area contributed by atoms with E-state index in [1.165, 1.54) is 32.1 Å². The molecule has 1 aromatic carbocycles. The first-order valence-corrected chi connectivity index (χ1v) is 7.76. The number of carbonyl (C=O) groups is 1. The fourth-order valence-electron chi connectivity index (χ4n) is 2.45. The van der Waals surface area contributed by atoms with E-state index >= 15 is 0 Å². The van der Waals surface area contributed by atoms with Crippen molar-refractivity contribution in [1.82, 2.24) is 0 Å². The Labute approximate surface area is 122 Å². The monoisotopic (exact) mass is 271 g/mol. The Balaban J connectivity index is 2.05. The van der Waals surface area contributed by atoms with Crippen molar-refractivity contribution in [2.45, 2.75) is 63.7 Å². The second-order valence-corrected chi connectivity index (χ2v) is 5.31. The van der Waals surface area contributed by atoms with E-state index in [1.807, 2.05) is 30.3 Å². The molecular weight excluding hydrogens is 246 g/mol. The highest BCUT2D eigenvalue weighted by Gasteiger charge is 2.08. The van der Waals surface area contributed by atoms with Crippen LogP contribution in [0.3, 0.4) is 0 Å². The van der Waals surface area contributed by atoms with Crippen molar-refractivity contribution in [2.75, 3.05) is 0 Å². The van der Waals surface area contributed by atoms with Crippen molar-refractivity contribution in [3.8, 4) is 6.07 Å². The molecule has 0 N–H and O–H groups in total. The lowest BCUT2D eigenvalue weighted by Gasteiger charge is -2.09. The Hall–Kier alpha value is -1.62. The highest BCUT2D eigenvalue weighted by Crippen LogP contribution is 2.22. The summed E-state index contributed by atoms with van der Waals surface area (Å²) in [5, 5.41) is 9.22. The summed E-state index contributed by atoms with van der Waals surface area (Å²) in [6, 6.07) is 12.5. The maximum atomic E-state index is 10.2. The van der Waals surface area contributed by atoms with E-state index in [0.29, 0.717) is 6.42 Å². The van der Waals surface area contributed by atoms with E-state index in [9.17, 15) is 10.1 Å². The van der Waals surface area contributed by atoms with Crippen LogP contribution in [0, 0.1) is 11.3 Å². The van der Waals surface area contributed by atoms with Crippen LogP contribution in [0.25, 0.3) is 0 Å². The number of nitrogens with zero attached hydrogens (tertiary/aromatic N) is 1. The van der Waals surface area contributed by atoms with Gasteiger partial charge in [0.15, 0.2) is 0 Å². The lowest BCUT2D eigenvalue weighted by Crippen LogP contribution is -1.95. The maximum absolute atomic E-state index is 10.2. The summed E-state index contributed by atoms with van der Waals surface area (Å²) in [5.74, 6) is 0.0452. The van der Waals surface area contributed by atoms with Crippen molar-refractivity contribution in [2.24, 2.45) is 0 Å². The predicted molar refractivity (Wildman–Crippen MR) is 82.4 cm³/mol. The molecule has 1 atom stereocenters. The second-order valence-electron chi connectivity index (χ2n) is 5.31. The molecule has 0 saturated carbocycles. The Morgan fingerprint density at radius 2 is 1.55 bits per heavy atom. The van der Waals surface area contributed by atoms with Gasteiger partial charge >= 0.3 is 0 Å². The van der Waals surface area contributed by atoms with Gasteiger partial charge in [-0.2, -0.15) is 5.26 Å². The van der Waals surface area contributed by atoms with E-state index in [0.717, 1.165) is 31.1 Å². The zero-order valence-corrected chi connectivity index (χ0v) is 12.3. The number of hydrogen-bond donors (Lipinski definition) is 0. The largest absolute Gasteiger partial charge is 0.303 e. The Kier molecular flexibility index (Phi) is 9.23. The summed E-state index contributed by atoms with van der Waals surface area (Å²) in [7, 11) is 0. The minimum atomic E-state index is 0.0452. The number of rotatable bonds is 11. The fraction of sp³-hybridized carbons (Fsp3) is 0.556. The Morgan fingerprint density at radius 3 is 2.15 bits per heavy atom. The number of aldehydes is 1. The molecule has 0 bridgehead atoms. The zero-order chi connectivity index (χ0) is 14.5. The molecule has 0 fully saturated rings. The van der Waals surface area contributed by atoms with E-state index in [2.05, 4.69) is 6.07 Å². The normalized spacial score (nSPS) is 11.8.